The van der Waals surface area contributed by atoms with E-state index in [0.29, 0.717) is 0 Å². The van der Waals surface area contributed by atoms with Crippen LogP contribution in [0.3, 0.4) is 0 Å². The summed E-state index contributed by atoms with van der Waals surface area (Å²) in [5.74, 6) is 0. The van der Waals surface area contributed by atoms with Gasteiger partial charge in [0.1, 0.15) is 0 Å². The summed E-state index contributed by atoms with van der Waals surface area (Å²) in [6.07, 6.45) is 1.80. The Morgan fingerprint density at radius 1 is 1.21 bits per heavy atom. The highest BCUT2D eigenvalue weighted by atomic mass is 79.9. The zero-order chi connectivity index (χ0) is 14.2. The molecule has 1 aromatic carbocycles. The van der Waals surface area contributed by atoms with Gasteiger partial charge in [-0.25, -0.2) is 0 Å². The lowest BCUT2D eigenvalue weighted by atomic mass is 10.0. The second kappa shape index (κ2) is 5.77. The number of rotatable bonds is 3. The first kappa shape index (κ1) is 14.8. The van der Waals surface area contributed by atoms with E-state index in [1.165, 1.54) is 5.56 Å². The van der Waals surface area contributed by atoms with Crippen LogP contribution in [-0.4, -0.2) is 9.78 Å². The maximum Gasteiger partial charge on any atom is 0.0745 e. The van der Waals surface area contributed by atoms with Crippen molar-refractivity contribution in [1.82, 2.24) is 9.78 Å². The maximum absolute atomic E-state index is 6.43. The maximum atomic E-state index is 6.43. The number of aromatic nitrogens is 2. The Labute approximate surface area is 130 Å². The van der Waals surface area contributed by atoms with Gasteiger partial charge in [0, 0.05) is 10.5 Å². The molecule has 1 heterocycles. The fourth-order valence-electron chi connectivity index (χ4n) is 2.08. The van der Waals surface area contributed by atoms with Crippen molar-refractivity contribution < 1.29 is 0 Å². The average molecular weight is 387 g/mol. The van der Waals surface area contributed by atoms with Crippen LogP contribution < -0.4 is 5.73 Å². The first-order valence-electron chi connectivity index (χ1n) is 6.16. The molecule has 102 valence electrons. The first-order valence-corrected chi connectivity index (χ1v) is 7.75. The molecular formula is C14H17Br2N3. The van der Waals surface area contributed by atoms with Crippen molar-refractivity contribution in [2.45, 2.75) is 32.9 Å². The SMILES string of the molecule is Cc1ccc(C(N)c2c(Br)cnn2C(C)C)c(Br)c1. The minimum atomic E-state index is -0.214. The van der Waals surface area contributed by atoms with Gasteiger partial charge in [0.2, 0.25) is 0 Å². The first-order chi connectivity index (χ1) is 8.91. The van der Waals surface area contributed by atoms with E-state index in [0.717, 1.165) is 20.2 Å². The Morgan fingerprint density at radius 2 is 1.89 bits per heavy atom. The molecule has 0 bridgehead atoms. The van der Waals surface area contributed by atoms with Crippen LogP contribution in [0.5, 0.6) is 0 Å². The Kier molecular flexibility index (Phi) is 4.48. The van der Waals surface area contributed by atoms with Gasteiger partial charge in [0.05, 0.1) is 22.4 Å². The Balaban J connectivity index is 2.49. The topological polar surface area (TPSA) is 43.8 Å². The van der Waals surface area contributed by atoms with Crippen molar-refractivity contribution in [2.75, 3.05) is 0 Å². The van der Waals surface area contributed by atoms with Crippen LogP contribution in [-0.2, 0) is 0 Å². The highest BCUT2D eigenvalue weighted by molar-refractivity contribution is 9.10. The molecule has 0 amide bonds. The fraction of sp³-hybridized carbons (Fsp3) is 0.357. The molecule has 0 aliphatic heterocycles. The molecule has 0 saturated carbocycles. The smallest absolute Gasteiger partial charge is 0.0745 e. The normalized spacial score (nSPS) is 13.0. The molecule has 0 spiro atoms. The predicted octanol–water partition coefficient (Wildman–Crippen LogP) is 4.35. The molecule has 0 aliphatic carbocycles. The van der Waals surface area contributed by atoms with Gasteiger partial charge in [0.25, 0.3) is 0 Å². The van der Waals surface area contributed by atoms with Crippen LogP contribution in [0.25, 0.3) is 0 Å². The van der Waals surface area contributed by atoms with Crippen molar-refractivity contribution in [2.24, 2.45) is 5.73 Å². The lowest BCUT2D eigenvalue weighted by Gasteiger charge is -2.19. The molecule has 2 N–H and O–H groups in total. The van der Waals surface area contributed by atoms with E-state index in [9.17, 15) is 0 Å². The van der Waals surface area contributed by atoms with Gasteiger partial charge in [0.15, 0.2) is 0 Å². The number of nitrogens with two attached hydrogens (primary N) is 1. The molecule has 2 rings (SSSR count). The zero-order valence-corrected chi connectivity index (χ0v) is 14.4. The Hall–Kier alpha value is -0.650. The lowest BCUT2D eigenvalue weighted by Crippen LogP contribution is -2.19. The summed E-state index contributed by atoms with van der Waals surface area (Å²) in [6.45, 7) is 6.26. The van der Waals surface area contributed by atoms with E-state index in [1.54, 1.807) is 6.20 Å². The number of hydrogen-bond acceptors (Lipinski definition) is 2. The molecule has 0 fully saturated rings. The summed E-state index contributed by atoms with van der Waals surface area (Å²) >= 11 is 7.14. The summed E-state index contributed by atoms with van der Waals surface area (Å²) in [6, 6.07) is 6.28. The van der Waals surface area contributed by atoms with E-state index in [-0.39, 0.29) is 12.1 Å². The van der Waals surface area contributed by atoms with Crippen molar-refractivity contribution in [3.8, 4) is 0 Å². The van der Waals surface area contributed by atoms with Gasteiger partial charge in [-0.1, -0.05) is 28.1 Å². The summed E-state index contributed by atoms with van der Waals surface area (Å²) in [7, 11) is 0. The third-order valence-electron chi connectivity index (χ3n) is 3.06. The van der Waals surface area contributed by atoms with E-state index >= 15 is 0 Å². The number of aryl methyl sites for hydroxylation is 1. The zero-order valence-electron chi connectivity index (χ0n) is 11.2. The fourth-order valence-corrected chi connectivity index (χ4v) is 3.34. The minimum absolute atomic E-state index is 0.214. The van der Waals surface area contributed by atoms with Gasteiger partial charge < -0.3 is 5.73 Å². The van der Waals surface area contributed by atoms with Crippen molar-refractivity contribution in [3.63, 3.8) is 0 Å². The summed E-state index contributed by atoms with van der Waals surface area (Å²) < 4.78 is 3.94. The monoisotopic (exact) mass is 385 g/mol. The largest absolute Gasteiger partial charge is 0.319 e. The molecule has 3 nitrogen and oxygen atoms in total. The number of halogens is 2. The number of benzene rings is 1. The second-order valence-corrected chi connectivity index (χ2v) is 6.63. The van der Waals surface area contributed by atoms with E-state index in [4.69, 9.17) is 5.73 Å². The van der Waals surface area contributed by atoms with Gasteiger partial charge in [-0.15, -0.1) is 0 Å². The second-order valence-electron chi connectivity index (χ2n) is 4.92. The predicted molar refractivity (Wildman–Crippen MR) is 85.2 cm³/mol. The molecule has 0 radical (unpaired) electrons. The molecule has 2 aromatic rings. The van der Waals surface area contributed by atoms with Gasteiger partial charge in [-0.05, 0) is 53.9 Å². The van der Waals surface area contributed by atoms with Gasteiger partial charge in [-0.3, -0.25) is 4.68 Å². The van der Waals surface area contributed by atoms with Crippen LogP contribution in [0, 0.1) is 6.92 Å². The van der Waals surface area contributed by atoms with Crippen molar-refractivity contribution in [1.29, 1.82) is 0 Å². The third kappa shape index (κ3) is 2.93. The minimum Gasteiger partial charge on any atom is -0.319 e. The van der Waals surface area contributed by atoms with Crippen LogP contribution in [0.4, 0.5) is 0 Å². The Bertz CT molecular complexity index is 590. The summed E-state index contributed by atoms with van der Waals surface area (Å²) in [5.41, 5.74) is 9.70. The highest BCUT2D eigenvalue weighted by Crippen LogP contribution is 2.32. The quantitative estimate of drug-likeness (QED) is 0.852. The molecule has 0 saturated heterocycles. The van der Waals surface area contributed by atoms with Crippen molar-refractivity contribution >= 4 is 31.9 Å². The van der Waals surface area contributed by atoms with E-state index in [2.05, 4.69) is 75.9 Å². The highest BCUT2D eigenvalue weighted by Gasteiger charge is 2.21. The number of nitrogens with zero attached hydrogens (tertiary/aromatic N) is 2. The average Bonchev–Trinajstić information content (AvgIpc) is 2.70. The Morgan fingerprint density at radius 3 is 2.47 bits per heavy atom. The van der Waals surface area contributed by atoms with Crippen LogP contribution in [0.2, 0.25) is 0 Å². The van der Waals surface area contributed by atoms with Crippen molar-refractivity contribution in [3.05, 3.63) is 50.2 Å². The third-order valence-corrected chi connectivity index (χ3v) is 4.36. The van der Waals surface area contributed by atoms with E-state index in [1.807, 2.05) is 4.68 Å². The molecule has 1 atom stereocenters. The van der Waals surface area contributed by atoms with Crippen LogP contribution in [0.1, 0.15) is 42.8 Å². The van der Waals surface area contributed by atoms with Gasteiger partial charge >= 0.3 is 0 Å². The number of hydrogen-bond donors (Lipinski definition) is 1. The molecule has 1 unspecified atom stereocenters. The van der Waals surface area contributed by atoms with Gasteiger partial charge in [-0.2, -0.15) is 5.10 Å². The lowest BCUT2D eigenvalue weighted by molar-refractivity contribution is 0.498. The molecule has 19 heavy (non-hydrogen) atoms. The van der Waals surface area contributed by atoms with Crippen LogP contribution >= 0.6 is 31.9 Å². The standard InChI is InChI=1S/C14H17Br2N3/c1-8(2)19-14(12(16)7-18-19)13(17)10-5-4-9(3)6-11(10)15/h4-8,13H,17H2,1-3H3. The molecular weight excluding hydrogens is 370 g/mol. The summed E-state index contributed by atoms with van der Waals surface area (Å²) in [5, 5.41) is 4.38. The van der Waals surface area contributed by atoms with E-state index < -0.39 is 0 Å². The molecule has 1 aromatic heterocycles. The van der Waals surface area contributed by atoms with Crippen LogP contribution in [0.15, 0.2) is 33.3 Å². The molecule has 5 heteroatoms. The summed E-state index contributed by atoms with van der Waals surface area (Å²) in [4.78, 5) is 0. The molecule has 0 aliphatic rings.